The third kappa shape index (κ3) is 2.81. The zero-order chi connectivity index (χ0) is 12.5. The van der Waals surface area contributed by atoms with E-state index in [0.29, 0.717) is 23.2 Å². The zero-order valence-electron chi connectivity index (χ0n) is 10.4. The molecule has 0 spiro atoms. The van der Waals surface area contributed by atoms with Gasteiger partial charge in [0.15, 0.2) is 0 Å². The monoisotopic (exact) mass is 257 g/mol. The SMILES string of the molecule is Cn1ncc(Cl)c1C(C)(O)CC1CCCCN1. The number of hydrogen-bond acceptors (Lipinski definition) is 3. The van der Waals surface area contributed by atoms with Crippen molar-refractivity contribution < 1.29 is 5.11 Å². The van der Waals surface area contributed by atoms with Gasteiger partial charge in [-0.2, -0.15) is 5.10 Å². The van der Waals surface area contributed by atoms with Crippen molar-refractivity contribution in [2.45, 2.75) is 44.2 Å². The van der Waals surface area contributed by atoms with Crippen LogP contribution >= 0.6 is 11.6 Å². The predicted octanol–water partition coefficient (Wildman–Crippen LogP) is 1.81. The lowest BCUT2D eigenvalue weighted by molar-refractivity contribution is 0.0256. The van der Waals surface area contributed by atoms with Crippen LogP contribution < -0.4 is 5.32 Å². The molecule has 2 N–H and O–H groups in total. The van der Waals surface area contributed by atoms with Gasteiger partial charge < -0.3 is 10.4 Å². The third-order valence-corrected chi connectivity index (χ3v) is 3.74. The lowest BCUT2D eigenvalue weighted by Gasteiger charge is -2.31. The quantitative estimate of drug-likeness (QED) is 0.868. The molecule has 96 valence electrons. The van der Waals surface area contributed by atoms with E-state index in [0.717, 1.165) is 13.0 Å². The van der Waals surface area contributed by atoms with Gasteiger partial charge in [0, 0.05) is 13.1 Å². The van der Waals surface area contributed by atoms with Gasteiger partial charge in [-0.25, -0.2) is 0 Å². The summed E-state index contributed by atoms with van der Waals surface area (Å²) in [5.41, 5.74) is -0.233. The largest absolute Gasteiger partial charge is 0.384 e. The molecule has 4 nitrogen and oxygen atoms in total. The molecule has 17 heavy (non-hydrogen) atoms. The molecule has 0 aromatic carbocycles. The van der Waals surface area contributed by atoms with Crippen LogP contribution in [0.25, 0.3) is 0 Å². The Balaban J connectivity index is 2.12. The highest BCUT2D eigenvalue weighted by molar-refractivity contribution is 6.31. The van der Waals surface area contributed by atoms with E-state index in [-0.39, 0.29) is 0 Å². The lowest BCUT2D eigenvalue weighted by atomic mass is 9.89. The molecule has 0 aliphatic carbocycles. The lowest BCUT2D eigenvalue weighted by Crippen LogP contribution is -2.40. The number of nitrogens with one attached hydrogen (secondary N) is 1. The van der Waals surface area contributed by atoms with Crippen molar-refractivity contribution in [1.82, 2.24) is 15.1 Å². The number of aryl methyl sites for hydroxylation is 1. The van der Waals surface area contributed by atoms with Gasteiger partial charge in [-0.1, -0.05) is 18.0 Å². The number of aromatic nitrogens is 2. The average Bonchev–Trinajstić information content (AvgIpc) is 2.59. The van der Waals surface area contributed by atoms with E-state index in [4.69, 9.17) is 11.6 Å². The fourth-order valence-corrected chi connectivity index (χ4v) is 3.06. The molecular formula is C12H20ClN3O. The van der Waals surface area contributed by atoms with E-state index in [1.165, 1.54) is 12.8 Å². The van der Waals surface area contributed by atoms with E-state index in [1.807, 2.05) is 14.0 Å². The highest BCUT2D eigenvalue weighted by atomic mass is 35.5. The van der Waals surface area contributed by atoms with E-state index >= 15 is 0 Å². The first-order chi connectivity index (χ1) is 8.00. The first-order valence-corrected chi connectivity index (χ1v) is 6.52. The maximum atomic E-state index is 10.6. The molecule has 1 aliphatic heterocycles. The van der Waals surface area contributed by atoms with E-state index in [2.05, 4.69) is 10.4 Å². The van der Waals surface area contributed by atoms with Crippen LogP contribution in [0.5, 0.6) is 0 Å². The summed E-state index contributed by atoms with van der Waals surface area (Å²) in [6.45, 7) is 2.85. The second-order valence-corrected chi connectivity index (χ2v) is 5.50. The van der Waals surface area contributed by atoms with Crippen molar-refractivity contribution in [3.8, 4) is 0 Å². The summed E-state index contributed by atoms with van der Waals surface area (Å²) in [5, 5.41) is 18.7. The van der Waals surface area contributed by atoms with E-state index in [9.17, 15) is 5.11 Å². The predicted molar refractivity (Wildman–Crippen MR) is 68.0 cm³/mol. The molecule has 0 radical (unpaired) electrons. The molecule has 0 amide bonds. The molecule has 1 aromatic heterocycles. The van der Waals surface area contributed by atoms with Gasteiger partial charge in [-0.05, 0) is 32.7 Å². The smallest absolute Gasteiger partial charge is 0.106 e. The Morgan fingerprint density at radius 2 is 2.41 bits per heavy atom. The van der Waals surface area contributed by atoms with Crippen molar-refractivity contribution in [1.29, 1.82) is 0 Å². The molecule has 1 fully saturated rings. The van der Waals surface area contributed by atoms with Gasteiger partial charge in [0.1, 0.15) is 5.60 Å². The van der Waals surface area contributed by atoms with Crippen molar-refractivity contribution in [2.75, 3.05) is 6.54 Å². The highest BCUT2D eigenvalue weighted by Crippen LogP contribution is 2.32. The van der Waals surface area contributed by atoms with Crippen LogP contribution in [0.4, 0.5) is 0 Å². The maximum Gasteiger partial charge on any atom is 0.106 e. The Labute approximate surface area is 107 Å². The summed E-state index contributed by atoms with van der Waals surface area (Å²) >= 11 is 6.08. The molecule has 1 aliphatic rings. The summed E-state index contributed by atoms with van der Waals surface area (Å²) in [5.74, 6) is 0. The van der Waals surface area contributed by atoms with Crippen LogP contribution in [0.15, 0.2) is 6.20 Å². The van der Waals surface area contributed by atoms with Gasteiger partial charge in [0.2, 0.25) is 0 Å². The number of rotatable bonds is 3. The van der Waals surface area contributed by atoms with Crippen LogP contribution in [0.2, 0.25) is 5.02 Å². The first kappa shape index (κ1) is 12.9. The normalized spacial score (nSPS) is 24.6. The summed E-state index contributed by atoms with van der Waals surface area (Å²) in [7, 11) is 1.81. The minimum Gasteiger partial charge on any atom is -0.384 e. The Kier molecular flexibility index (Phi) is 3.76. The maximum absolute atomic E-state index is 10.6. The first-order valence-electron chi connectivity index (χ1n) is 6.14. The minimum absolute atomic E-state index is 0.365. The number of piperidine rings is 1. The molecule has 1 aromatic rings. The van der Waals surface area contributed by atoms with Crippen LogP contribution in [0, 0.1) is 0 Å². The highest BCUT2D eigenvalue weighted by Gasteiger charge is 2.32. The van der Waals surface area contributed by atoms with Gasteiger partial charge in [0.25, 0.3) is 0 Å². The molecular weight excluding hydrogens is 238 g/mol. The Bertz CT molecular complexity index is 364. The summed E-state index contributed by atoms with van der Waals surface area (Å²) in [6.07, 6.45) is 5.83. The Morgan fingerprint density at radius 3 is 2.94 bits per heavy atom. The van der Waals surface area contributed by atoms with Crippen molar-refractivity contribution in [3.63, 3.8) is 0 Å². The standard InChI is InChI=1S/C12H20ClN3O/c1-12(17,7-9-5-3-4-6-14-9)11-10(13)8-15-16(11)2/h8-9,14,17H,3-7H2,1-2H3. The number of aliphatic hydroxyl groups is 1. The van der Waals surface area contributed by atoms with Gasteiger partial charge in [0.05, 0.1) is 16.9 Å². The van der Waals surface area contributed by atoms with Crippen LogP contribution in [-0.4, -0.2) is 27.5 Å². The molecule has 2 rings (SSSR count). The summed E-state index contributed by atoms with van der Waals surface area (Å²) < 4.78 is 1.66. The number of halogens is 1. The zero-order valence-corrected chi connectivity index (χ0v) is 11.2. The van der Waals surface area contributed by atoms with Crippen LogP contribution in [0.3, 0.4) is 0 Å². The molecule has 2 atom stereocenters. The molecule has 5 heteroatoms. The summed E-state index contributed by atoms with van der Waals surface area (Å²) in [6, 6.07) is 0.365. The molecule has 0 bridgehead atoms. The molecule has 2 heterocycles. The average molecular weight is 258 g/mol. The molecule has 1 saturated heterocycles. The van der Waals surface area contributed by atoms with Crippen LogP contribution in [0.1, 0.15) is 38.3 Å². The Morgan fingerprint density at radius 1 is 1.65 bits per heavy atom. The molecule has 2 unspecified atom stereocenters. The fourth-order valence-electron chi connectivity index (χ4n) is 2.69. The minimum atomic E-state index is -0.933. The molecule has 0 saturated carbocycles. The van der Waals surface area contributed by atoms with Crippen molar-refractivity contribution >= 4 is 11.6 Å². The topological polar surface area (TPSA) is 50.1 Å². The summed E-state index contributed by atoms with van der Waals surface area (Å²) in [4.78, 5) is 0. The number of nitrogens with zero attached hydrogens (tertiary/aromatic N) is 2. The second kappa shape index (κ2) is 4.96. The second-order valence-electron chi connectivity index (χ2n) is 5.09. The van der Waals surface area contributed by atoms with Gasteiger partial charge in [-0.15, -0.1) is 0 Å². The Hall–Kier alpha value is -0.580. The van der Waals surface area contributed by atoms with Crippen molar-refractivity contribution in [3.05, 3.63) is 16.9 Å². The van der Waals surface area contributed by atoms with Gasteiger partial charge in [-0.3, -0.25) is 4.68 Å². The van der Waals surface area contributed by atoms with E-state index < -0.39 is 5.60 Å². The van der Waals surface area contributed by atoms with Crippen molar-refractivity contribution in [2.24, 2.45) is 7.05 Å². The third-order valence-electron chi connectivity index (χ3n) is 3.46. The number of hydrogen-bond donors (Lipinski definition) is 2. The van der Waals surface area contributed by atoms with Gasteiger partial charge >= 0.3 is 0 Å². The fraction of sp³-hybridized carbons (Fsp3) is 0.750. The van der Waals surface area contributed by atoms with E-state index in [1.54, 1.807) is 10.9 Å². The van der Waals surface area contributed by atoms with Crippen LogP contribution in [-0.2, 0) is 12.6 Å².